The molecule has 11 heteroatoms. The van der Waals surface area contributed by atoms with Crippen LogP contribution < -0.4 is 21.1 Å². The molecule has 3 N–H and O–H groups in total. The second kappa shape index (κ2) is 10.5. The van der Waals surface area contributed by atoms with Crippen LogP contribution in [0.4, 0.5) is 21.7 Å². The number of morpholine rings is 1. The Labute approximate surface area is 200 Å². The van der Waals surface area contributed by atoms with Gasteiger partial charge in [0.1, 0.15) is 11.6 Å². The van der Waals surface area contributed by atoms with Crippen molar-refractivity contribution in [2.45, 2.75) is 26.7 Å². The molecule has 0 bridgehead atoms. The number of halogens is 1. The fraction of sp³-hybridized carbons (Fsp3) is 0.333. The lowest BCUT2D eigenvalue weighted by Gasteiger charge is -2.27. The third kappa shape index (κ3) is 5.75. The monoisotopic (exact) mass is 483 g/mol. The van der Waals surface area contributed by atoms with Gasteiger partial charge in [-0.3, -0.25) is 19.4 Å². The number of anilines is 3. The van der Waals surface area contributed by atoms with E-state index in [9.17, 15) is 18.8 Å². The SMILES string of the molecule is Cc1nc(N2CCOCC2)[nH]c(=O)c1CCC(=O)Nc1ccc(F)c(NC(=O)c2ccoc2C)c1. The molecule has 10 nitrogen and oxygen atoms in total. The predicted molar refractivity (Wildman–Crippen MR) is 127 cm³/mol. The number of H-pyrrole nitrogens is 1. The molecule has 3 aromatic rings. The number of aromatic amines is 1. The normalized spacial score (nSPS) is 13.5. The van der Waals surface area contributed by atoms with Crippen molar-refractivity contribution in [3.8, 4) is 0 Å². The highest BCUT2D eigenvalue weighted by Gasteiger charge is 2.18. The minimum atomic E-state index is -0.647. The third-order valence-corrected chi connectivity index (χ3v) is 5.72. The molecule has 2 aromatic heterocycles. The van der Waals surface area contributed by atoms with Crippen LogP contribution in [0.15, 0.2) is 39.7 Å². The van der Waals surface area contributed by atoms with E-state index in [4.69, 9.17) is 9.15 Å². The number of carbonyl (C=O) groups is 2. The summed E-state index contributed by atoms with van der Waals surface area (Å²) >= 11 is 0. The van der Waals surface area contributed by atoms with Crippen molar-refractivity contribution in [2.75, 3.05) is 41.8 Å². The first-order valence-corrected chi connectivity index (χ1v) is 11.2. The van der Waals surface area contributed by atoms with Crippen LogP contribution >= 0.6 is 0 Å². The van der Waals surface area contributed by atoms with Gasteiger partial charge >= 0.3 is 0 Å². The number of carbonyl (C=O) groups excluding carboxylic acids is 2. The number of nitrogens with zero attached hydrogens (tertiary/aromatic N) is 2. The van der Waals surface area contributed by atoms with Gasteiger partial charge in [-0.2, -0.15) is 0 Å². The van der Waals surface area contributed by atoms with Crippen LogP contribution in [-0.2, 0) is 16.0 Å². The Morgan fingerprint density at radius 1 is 1.17 bits per heavy atom. The molecule has 1 aliphatic rings. The van der Waals surface area contributed by atoms with E-state index in [0.29, 0.717) is 55.0 Å². The van der Waals surface area contributed by atoms with Crippen LogP contribution in [-0.4, -0.2) is 48.1 Å². The van der Waals surface area contributed by atoms with Crippen LogP contribution in [0.1, 0.15) is 33.8 Å². The summed E-state index contributed by atoms with van der Waals surface area (Å²) < 4.78 is 24.7. The molecule has 1 saturated heterocycles. The van der Waals surface area contributed by atoms with Crippen molar-refractivity contribution in [1.29, 1.82) is 0 Å². The fourth-order valence-corrected chi connectivity index (χ4v) is 3.79. The third-order valence-electron chi connectivity index (χ3n) is 5.72. The Morgan fingerprint density at radius 3 is 2.63 bits per heavy atom. The number of aromatic nitrogens is 2. The average molecular weight is 484 g/mol. The van der Waals surface area contributed by atoms with Gasteiger partial charge in [0.05, 0.1) is 30.7 Å². The standard InChI is InChI=1S/C24H26FN5O5/c1-14-17(22(32)29-24(26-14)30-8-11-34-12-9-30)4-6-21(31)27-16-3-5-19(25)20(13-16)28-23(33)18-7-10-35-15(18)2/h3,5,7,10,13H,4,6,8-9,11-12H2,1-2H3,(H,27,31)(H,28,33)(H,26,29,32). The Hall–Kier alpha value is -3.99. The summed E-state index contributed by atoms with van der Waals surface area (Å²) in [5.41, 5.74) is 1.22. The maximum Gasteiger partial charge on any atom is 0.259 e. The number of hydrogen-bond acceptors (Lipinski definition) is 7. The molecule has 1 fully saturated rings. The first-order chi connectivity index (χ1) is 16.8. The van der Waals surface area contributed by atoms with Crippen molar-refractivity contribution < 1.29 is 23.1 Å². The van der Waals surface area contributed by atoms with Gasteiger partial charge < -0.3 is 24.7 Å². The van der Waals surface area contributed by atoms with Gasteiger partial charge in [-0.25, -0.2) is 9.37 Å². The number of rotatable bonds is 7. The van der Waals surface area contributed by atoms with Gasteiger partial charge in [-0.1, -0.05) is 0 Å². The lowest BCUT2D eigenvalue weighted by molar-refractivity contribution is -0.116. The summed E-state index contributed by atoms with van der Waals surface area (Å²) in [5, 5.41) is 5.15. The van der Waals surface area contributed by atoms with E-state index in [-0.39, 0.29) is 35.6 Å². The molecule has 0 saturated carbocycles. The molecular formula is C24H26FN5O5. The highest BCUT2D eigenvalue weighted by molar-refractivity contribution is 6.05. The molecule has 184 valence electrons. The number of nitrogens with one attached hydrogen (secondary N) is 3. The zero-order valence-corrected chi connectivity index (χ0v) is 19.4. The van der Waals surface area contributed by atoms with E-state index in [1.54, 1.807) is 13.8 Å². The molecule has 2 amide bonds. The molecular weight excluding hydrogens is 457 g/mol. The molecule has 0 unspecified atom stereocenters. The molecule has 0 radical (unpaired) electrons. The Balaban J connectivity index is 1.38. The number of ether oxygens (including phenoxy) is 1. The van der Waals surface area contributed by atoms with Crippen molar-refractivity contribution >= 4 is 29.1 Å². The zero-order chi connectivity index (χ0) is 24.9. The van der Waals surface area contributed by atoms with E-state index in [2.05, 4.69) is 20.6 Å². The molecule has 1 aliphatic heterocycles. The molecule has 0 atom stereocenters. The van der Waals surface area contributed by atoms with E-state index in [0.717, 1.165) is 6.07 Å². The number of furan rings is 1. The minimum Gasteiger partial charge on any atom is -0.469 e. The van der Waals surface area contributed by atoms with Crippen molar-refractivity contribution in [3.05, 3.63) is 69.3 Å². The van der Waals surface area contributed by atoms with Crippen LogP contribution in [0.25, 0.3) is 0 Å². The van der Waals surface area contributed by atoms with Crippen molar-refractivity contribution in [3.63, 3.8) is 0 Å². The van der Waals surface area contributed by atoms with Crippen LogP contribution in [0.5, 0.6) is 0 Å². The predicted octanol–water partition coefficient (Wildman–Crippen LogP) is 2.78. The summed E-state index contributed by atoms with van der Waals surface area (Å²) in [4.78, 5) is 46.7. The Bertz CT molecular complexity index is 1300. The maximum absolute atomic E-state index is 14.2. The molecule has 0 spiro atoms. The van der Waals surface area contributed by atoms with Crippen molar-refractivity contribution in [1.82, 2.24) is 9.97 Å². The topological polar surface area (TPSA) is 130 Å². The Morgan fingerprint density at radius 2 is 1.94 bits per heavy atom. The largest absolute Gasteiger partial charge is 0.469 e. The number of hydrogen-bond donors (Lipinski definition) is 3. The smallest absolute Gasteiger partial charge is 0.259 e. The molecule has 35 heavy (non-hydrogen) atoms. The van der Waals surface area contributed by atoms with Gasteiger partial charge in [0.15, 0.2) is 0 Å². The number of amides is 2. The van der Waals surface area contributed by atoms with Gasteiger partial charge in [0, 0.05) is 36.5 Å². The first kappa shape index (κ1) is 24.1. The minimum absolute atomic E-state index is 0.0236. The second-order valence-corrected chi connectivity index (χ2v) is 8.14. The first-order valence-electron chi connectivity index (χ1n) is 11.2. The summed E-state index contributed by atoms with van der Waals surface area (Å²) in [6, 6.07) is 5.36. The summed E-state index contributed by atoms with van der Waals surface area (Å²) in [7, 11) is 0. The van der Waals surface area contributed by atoms with Crippen LogP contribution in [0.3, 0.4) is 0 Å². The van der Waals surface area contributed by atoms with Gasteiger partial charge in [0.2, 0.25) is 11.9 Å². The van der Waals surface area contributed by atoms with Gasteiger partial charge in [0.25, 0.3) is 11.5 Å². The van der Waals surface area contributed by atoms with E-state index in [1.807, 2.05) is 4.90 Å². The molecule has 3 heterocycles. The quantitative estimate of drug-likeness (QED) is 0.471. The fourth-order valence-electron chi connectivity index (χ4n) is 3.79. The van der Waals surface area contributed by atoms with E-state index in [1.165, 1.54) is 24.5 Å². The highest BCUT2D eigenvalue weighted by atomic mass is 19.1. The molecule has 1 aromatic carbocycles. The summed E-state index contributed by atoms with van der Waals surface area (Å²) in [5.74, 6) is -0.635. The van der Waals surface area contributed by atoms with E-state index >= 15 is 0 Å². The molecule has 0 aliphatic carbocycles. The maximum atomic E-state index is 14.2. The summed E-state index contributed by atoms with van der Waals surface area (Å²) in [6.07, 6.45) is 1.58. The molecule has 4 rings (SSSR count). The number of aryl methyl sites for hydroxylation is 2. The lowest BCUT2D eigenvalue weighted by atomic mass is 10.1. The van der Waals surface area contributed by atoms with E-state index < -0.39 is 11.7 Å². The second-order valence-electron chi connectivity index (χ2n) is 8.14. The zero-order valence-electron chi connectivity index (χ0n) is 19.4. The van der Waals surface area contributed by atoms with Crippen molar-refractivity contribution in [2.24, 2.45) is 0 Å². The van der Waals surface area contributed by atoms with Gasteiger partial charge in [-0.05, 0) is 44.5 Å². The van der Waals surface area contributed by atoms with Gasteiger partial charge in [-0.15, -0.1) is 0 Å². The van der Waals surface area contributed by atoms with Crippen LogP contribution in [0.2, 0.25) is 0 Å². The number of benzene rings is 1. The van der Waals surface area contributed by atoms with Crippen LogP contribution in [0, 0.1) is 19.7 Å². The Kier molecular flexibility index (Phi) is 7.25. The summed E-state index contributed by atoms with van der Waals surface area (Å²) in [6.45, 7) is 5.80. The average Bonchev–Trinajstić information content (AvgIpc) is 3.27. The highest BCUT2D eigenvalue weighted by Crippen LogP contribution is 2.22. The lowest BCUT2D eigenvalue weighted by Crippen LogP contribution is -2.38.